The van der Waals surface area contributed by atoms with Gasteiger partial charge in [0.05, 0.1) is 0 Å². The predicted octanol–water partition coefficient (Wildman–Crippen LogP) is 2.14. The highest BCUT2D eigenvalue weighted by Crippen LogP contribution is 2.48. The van der Waals surface area contributed by atoms with E-state index in [4.69, 9.17) is 10.8 Å². The smallest absolute Gasteiger partial charge is 0.288 e. The lowest BCUT2D eigenvalue weighted by atomic mass is 9.65. The lowest BCUT2D eigenvalue weighted by molar-refractivity contribution is -0.154. The van der Waals surface area contributed by atoms with Gasteiger partial charge >= 0.3 is 0 Å². The van der Waals surface area contributed by atoms with Gasteiger partial charge in [0.2, 0.25) is 5.91 Å². The number of rotatable bonds is 3. The molecule has 0 bridgehead atoms. The summed E-state index contributed by atoms with van der Waals surface area (Å²) in [6.45, 7) is -1.40. The first-order valence-corrected chi connectivity index (χ1v) is 6.72. The van der Waals surface area contributed by atoms with E-state index in [0.717, 1.165) is 0 Å². The van der Waals surface area contributed by atoms with Gasteiger partial charge in [-0.2, -0.15) is 0 Å². The fourth-order valence-electron chi connectivity index (χ4n) is 2.79. The van der Waals surface area contributed by atoms with Gasteiger partial charge in [0, 0.05) is 4.47 Å². The highest BCUT2D eigenvalue weighted by molar-refractivity contribution is 9.10. The van der Waals surface area contributed by atoms with Crippen LogP contribution in [0.3, 0.4) is 0 Å². The summed E-state index contributed by atoms with van der Waals surface area (Å²) >= 11 is 3.22. The van der Waals surface area contributed by atoms with Gasteiger partial charge in [-0.25, -0.2) is 8.78 Å². The molecule has 3 nitrogen and oxygen atoms in total. The molecule has 1 aromatic carbocycles. The number of carbonyl (C=O) groups excluding carboxylic acids is 1. The van der Waals surface area contributed by atoms with E-state index in [1.807, 2.05) is 0 Å². The van der Waals surface area contributed by atoms with Crippen LogP contribution >= 0.6 is 15.9 Å². The van der Waals surface area contributed by atoms with E-state index < -0.39 is 23.9 Å². The average molecular weight is 334 g/mol. The Morgan fingerprint density at radius 3 is 2.79 bits per heavy atom. The normalized spacial score (nSPS) is 22.9. The van der Waals surface area contributed by atoms with Gasteiger partial charge in [-0.3, -0.25) is 4.79 Å². The van der Waals surface area contributed by atoms with Gasteiger partial charge in [0.15, 0.2) is 0 Å². The molecule has 0 aliphatic heterocycles. The Morgan fingerprint density at radius 1 is 1.53 bits per heavy atom. The number of aliphatic hydroxyl groups excluding tert-OH is 1. The molecule has 19 heavy (non-hydrogen) atoms. The van der Waals surface area contributed by atoms with Crippen LogP contribution in [0.1, 0.15) is 24.0 Å². The van der Waals surface area contributed by atoms with Crippen LogP contribution in [0.15, 0.2) is 22.7 Å². The molecule has 1 atom stereocenters. The number of hydrogen-bond acceptors (Lipinski definition) is 2. The molecule has 1 aliphatic rings. The zero-order chi connectivity index (χ0) is 14.3. The predicted molar refractivity (Wildman–Crippen MR) is 70.0 cm³/mol. The Labute approximate surface area is 117 Å². The molecule has 1 amide bonds. The minimum Gasteiger partial charge on any atom is -0.390 e. The van der Waals surface area contributed by atoms with Crippen molar-refractivity contribution in [3.63, 3.8) is 0 Å². The van der Waals surface area contributed by atoms with E-state index >= 15 is 0 Å². The Kier molecular flexibility index (Phi) is 3.66. The summed E-state index contributed by atoms with van der Waals surface area (Å²) in [6.07, 6.45) is 1.01. The van der Waals surface area contributed by atoms with Gasteiger partial charge in [0.1, 0.15) is 12.0 Å². The van der Waals surface area contributed by atoms with Crippen LogP contribution in [0.2, 0.25) is 0 Å². The largest absolute Gasteiger partial charge is 0.390 e. The fourth-order valence-corrected chi connectivity index (χ4v) is 3.15. The molecule has 0 aromatic heterocycles. The van der Waals surface area contributed by atoms with Gasteiger partial charge in [-0.15, -0.1) is 0 Å². The summed E-state index contributed by atoms with van der Waals surface area (Å²) in [4.78, 5) is 11.8. The maximum Gasteiger partial charge on any atom is 0.288 e. The van der Waals surface area contributed by atoms with Gasteiger partial charge in [0.25, 0.3) is 5.92 Å². The molecule has 0 saturated carbocycles. The Bertz CT molecular complexity index is 521. The van der Waals surface area contributed by atoms with Crippen molar-refractivity contribution in [2.45, 2.75) is 30.6 Å². The molecule has 0 spiro atoms. The van der Waals surface area contributed by atoms with E-state index in [1.165, 1.54) is 6.07 Å². The fraction of sp³-hybridized carbons (Fsp3) is 0.462. The number of primary amides is 1. The summed E-state index contributed by atoms with van der Waals surface area (Å²) in [6, 6.07) is 4.96. The molecule has 0 unspecified atom stereocenters. The molecule has 6 heteroatoms. The van der Waals surface area contributed by atoms with Crippen LogP contribution in [0.25, 0.3) is 0 Å². The highest BCUT2D eigenvalue weighted by atomic mass is 79.9. The quantitative estimate of drug-likeness (QED) is 0.890. The van der Waals surface area contributed by atoms with Crippen LogP contribution in [-0.2, 0) is 16.6 Å². The zero-order valence-corrected chi connectivity index (χ0v) is 11.7. The maximum absolute atomic E-state index is 14.2. The van der Waals surface area contributed by atoms with Crippen molar-refractivity contribution >= 4 is 21.8 Å². The topological polar surface area (TPSA) is 63.3 Å². The van der Waals surface area contributed by atoms with Gasteiger partial charge in [-0.05, 0) is 42.5 Å². The molecule has 0 fully saturated rings. The summed E-state index contributed by atoms with van der Waals surface area (Å²) in [5.74, 6) is -4.67. The molecule has 0 saturated heterocycles. The van der Waals surface area contributed by atoms with Crippen molar-refractivity contribution in [2.75, 3.05) is 6.61 Å². The van der Waals surface area contributed by atoms with E-state index in [9.17, 15) is 13.6 Å². The SMILES string of the molecule is NC(=O)[C@@]1(C(F)(F)CO)CCCc2ccc(Br)cc21. The molecular formula is C13H14BrF2NO2. The Morgan fingerprint density at radius 2 is 2.21 bits per heavy atom. The number of fused-ring (bicyclic) bond motifs is 1. The van der Waals surface area contributed by atoms with E-state index in [1.54, 1.807) is 12.1 Å². The van der Waals surface area contributed by atoms with Crippen LogP contribution in [0, 0.1) is 0 Å². The number of nitrogens with two attached hydrogens (primary N) is 1. The number of halogens is 3. The number of benzene rings is 1. The minimum atomic E-state index is -3.57. The number of amides is 1. The third-order valence-electron chi connectivity index (χ3n) is 3.77. The van der Waals surface area contributed by atoms with Crippen molar-refractivity contribution in [1.82, 2.24) is 0 Å². The lowest BCUT2D eigenvalue weighted by Gasteiger charge is -2.41. The summed E-state index contributed by atoms with van der Waals surface area (Å²) < 4.78 is 29.0. The van der Waals surface area contributed by atoms with Crippen molar-refractivity contribution in [2.24, 2.45) is 5.73 Å². The monoisotopic (exact) mass is 333 g/mol. The van der Waals surface area contributed by atoms with E-state index in [-0.39, 0.29) is 12.0 Å². The molecule has 2 rings (SSSR count). The number of hydrogen-bond donors (Lipinski definition) is 2. The van der Waals surface area contributed by atoms with E-state index in [2.05, 4.69) is 15.9 Å². The zero-order valence-electron chi connectivity index (χ0n) is 10.1. The molecule has 3 N–H and O–H groups in total. The first-order valence-electron chi connectivity index (χ1n) is 5.92. The maximum atomic E-state index is 14.2. The van der Waals surface area contributed by atoms with Crippen LogP contribution in [-0.4, -0.2) is 23.5 Å². The van der Waals surface area contributed by atoms with Gasteiger partial charge < -0.3 is 10.8 Å². The second-order valence-electron chi connectivity index (χ2n) is 4.79. The van der Waals surface area contributed by atoms with Crippen molar-refractivity contribution in [3.8, 4) is 0 Å². The van der Waals surface area contributed by atoms with Gasteiger partial charge in [-0.1, -0.05) is 22.0 Å². The van der Waals surface area contributed by atoms with E-state index in [0.29, 0.717) is 22.9 Å². The number of alkyl halides is 2. The third kappa shape index (κ3) is 2.07. The molecule has 1 aliphatic carbocycles. The molecular weight excluding hydrogens is 320 g/mol. The molecule has 0 radical (unpaired) electrons. The number of aliphatic hydroxyl groups is 1. The molecule has 104 valence electrons. The summed E-state index contributed by atoms with van der Waals surface area (Å²) in [7, 11) is 0. The Balaban J connectivity index is 2.72. The Hall–Kier alpha value is -1.01. The van der Waals surface area contributed by atoms with Crippen molar-refractivity contribution in [1.29, 1.82) is 0 Å². The number of aryl methyl sites for hydroxylation is 1. The van der Waals surface area contributed by atoms with Crippen LogP contribution < -0.4 is 5.73 Å². The standard InChI is InChI=1S/C13H14BrF2NO2/c14-9-4-3-8-2-1-5-12(11(17)19,10(8)6-9)13(15,16)7-18/h3-4,6,18H,1-2,5,7H2,(H2,17,19)/t12-/m1/s1. The van der Waals surface area contributed by atoms with Crippen LogP contribution in [0.5, 0.6) is 0 Å². The first-order chi connectivity index (χ1) is 8.85. The average Bonchev–Trinajstić information content (AvgIpc) is 2.37. The highest BCUT2D eigenvalue weighted by Gasteiger charge is 2.60. The van der Waals surface area contributed by atoms with Crippen LogP contribution in [0.4, 0.5) is 8.78 Å². The minimum absolute atomic E-state index is 0.0562. The summed E-state index contributed by atoms with van der Waals surface area (Å²) in [5, 5.41) is 8.99. The first kappa shape index (κ1) is 14.4. The second-order valence-corrected chi connectivity index (χ2v) is 5.70. The molecule has 0 heterocycles. The third-order valence-corrected chi connectivity index (χ3v) is 4.27. The molecule has 1 aromatic rings. The van der Waals surface area contributed by atoms with Crippen molar-refractivity contribution < 1.29 is 18.7 Å². The number of carbonyl (C=O) groups is 1. The van der Waals surface area contributed by atoms with Crippen molar-refractivity contribution in [3.05, 3.63) is 33.8 Å². The summed E-state index contributed by atoms with van der Waals surface area (Å²) in [5.41, 5.74) is 4.06. The lowest BCUT2D eigenvalue weighted by Crippen LogP contribution is -2.58. The second kappa shape index (κ2) is 4.83.